The van der Waals surface area contributed by atoms with Gasteiger partial charge < -0.3 is 20.1 Å². The Labute approximate surface area is 144 Å². The molecule has 0 bridgehead atoms. The lowest BCUT2D eigenvalue weighted by atomic mass is 10.2. The molecule has 0 unspecified atom stereocenters. The first-order valence-electron chi connectivity index (χ1n) is 7.09. The van der Waals surface area contributed by atoms with Crippen LogP contribution in [0.4, 0.5) is 11.4 Å². The molecule has 0 aliphatic heterocycles. The van der Waals surface area contributed by atoms with E-state index in [4.69, 9.17) is 16.3 Å². The summed E-state index contributed by atoms with van der Waals surface area (Å²) in [5.41, 5.74) is 1.52. The monoisotopic (exact) mass is 348 g/mol. The van der Waals surface area contributed by atoms with Gasteiger partial charge in [-0.05, 0) is 36.4 Å². The molecule has 0 atom stereocenters. The molecule has 1 amide bonds. The highest BCUT2D eigenvalue weighted by Crippen LogP contribution is 2.27. The fraction of sp³-hybridized carbons (Fsp3) is 0.176. The van der Waals surface area contributed by atoms with E-state index < -0.39 is 5.97 Å². The van der Waals surface area contributed by atoms with Crippen molar-refractivity contribution in [2.45, 2.75) is 0 Å². The maximum absolute atomic E-state index is 12.1. The third-order valence-corrected chi connectivity index (χ3v) is 3.41. The third-order valence-electron chi connectivity index (χ3n) is 3.17. The highest BCUT2D eigenvalue weighted by molar-refractivity contribution is 6.31. The van der Waals surface area contributed by atoms with Crippen molar-refractivity contribution < 1.29 is 19.1 Å². The Bertz CT molecular complexity index is 749. The van der Waals surface area contributed by atoms with Crippen molar-refractivity contribution in [3.05, 3.63) is 53.1 Å². The fourth-order valence-corrected chi connectivity index (χ4v) is 2.20. The molecule has 6 nitrogen and oxygen atoms in total. The van der Waals surface area contributed by atoms with Crippen LogP contribution >= 0.6 is 11.6 Å². The minimum absolute atomic E-state index is 0.0142. The molecule has 7 heteroatoms. The van der Waals surface area contributed by atoms with Gasteiger partial charge in [0.25, 0.3) is 0 Å². The van der Waals surface area contributed by atoms with Crippen molar-refractivity contribution in [2.24, 2.45) is 0 Å². The molecule has 0 saturated heterocycles. The van der Waals surface area contributed by atoms with Crippen molar-refractivity contribution in [1.82, 2.24) is 0 Å². The molecule has 2 aromatic rings. The molecular formula is C17H17ClN2O4. The van der Waals surface area contributed by atoms with Gasteiger partial charge in [0.05, 0.1) is 32.0 Å². The summed E-state index contributed by atoms with van der Waals surface area (Å²) < 4.78 is 9.83. The minimum atomic E-state index is -0.438. The average molecular weight is 349 g/mol. The zero-order valence-electron chi connectivity index (χ0n) is 13.3. The highest BCUT2D eigenvalue weighted by atomic mass is 35.5. The normalized spacial score (nSPS) is 9.96. The number of benzene rings is 2. The van der Waals surface area contributed by atoms with Gasteiger partial charge in [-0.3, -0.25) is 4.79 Å². The number of nitrogens with one attached hydrogen (secondary N) is 2. The zero-order chi connectivity index (χ0) is 17.5. The molecule has 2 aromatic carbocycles. The Balaban J connectivity index is 1.99. The summed E-state index contributed by atoms with van der Waals surface area (Å²) in [6, 6.07) is 11.6. The highest BCUT2D eigenvalue weighted by Gasteiger charge is 2.09. The summed E-state index contributed by atoms with van der Waals surface area (Å²) in [6.45, 7) is 0.0142. The number of hydrogen-bond acceptors (Lipinski definition) is 5. The van der Waals surface area contributed by atoms with Crippen LogP contribution in [0, 0.1) is 0 Å². The van der Waals surface area contributed by atoms with Crippen molar-refractivity contribution in [3.8, 4) is 5.75 Å². The van der Waals surface area contributed by atoms with Crippen LogP contribution in [0.5, 0.6) is 5.75 Å². The van der Waals surface area contributed by atoms with E-state index in [2.05, 4.69) is 15.4 Å². The van der Waals surface area contributed by atoms with Crippen LogP contribution in [0.1, 0.15) is 10.4 Å². The van der Waals surface area contributed by atoms with Crippen LogP contribution in [0.2, 0.25) is 5.02 Å². The Morgan fingerprint density at radius 3 is 2.62 bits per heavy atom. The molecule has 24 heavy (non-hydrogen) atoms. The van der Waals surface area contributed by atoms with Crippen molar-refractivity contribution in [3.63, 3.8) is 0 Å². The first-order valence-corrected chi connectivity index (χ1v) is 7.47. The average Bonchev–Trinajstić information content (AvgIpc) is 2.59. The summed E-state index contributed by atoms with van der Waals surface area (Å²) in [6.07, 6.45) is 0. The molecule has 2 rings (SSSR count). The molecule has 0 radical (unpaired) electrons. The topological polar surface area (TPSA) is 76.7 Å². The first-order chi connectivity index (χ1) is 11.5. The van der Waals surface area contributed by atoms with Crippen LogP contribution in [0.3, 0.4) is 0 Å². The Kier molecular flexibility index (Phi) is 6.03. The molecule has 0 heterocycles. The zero-order valence-corrected chi connectivity index (χ0v) is 14.0. The number of carbonyl (C=O) groups excluding carboxylic acids is 2. The van der Waals surface area contributed by atoms with Gasteiger partial charge >= 0.3 is 5.97 Å². The second-order valence-electron chi connectivity index (χ2n) is 4.82. The van der Waals surface area contributed by atoms with E-state index in [1.807, 2.05) is 0 Å². The first kappa shape index (κ1) is 17.6. The summed E-state index contributed by atoms with van der Waals surface area (Å²) >= 11 is 5.92. The van der Waals surface area contributed by atoms with E-state index in [0.29, 0.717) is 27.7 Å². The van der Waals surface area contributed by atoms with Gasteiger partial charge in [0.15, 0.2) is 0 Å². The largest absolute Gasteiger partial charge is 0.495 e. The Morgan fingerprint density at radius 2 is 1.92 bits per heavy atom. The third kappa shape index (κ3) is 4.63. The predicted molar refractivity (Wildman–Crippen MR) is 92.9 cm³/mol. The Hall–Kier alpha value is -2.73. The van der Waals surface area contributed by atoms with Crippen LogP contribution < -0.4 is 15.4 Å². The maximum atomic E-state index is 12.1. The molecule has 2 N–H and O–H groups in total. The summed E-state index contributed by atoms with van der Waals surface area (Å²) in [7, 11) is 2.82. The van der Waals surface area contributed by atoms with Crippen LogP contribution in [-0.2, 0) is 9.53 Å². The number of halogens is 1. The van der Waals surface area contributed by atoms with E-state index in [0.717, 1.165) is 0 Å². The lowest BCUT2D eigenvalue weighted by molar-refractivity contribution is -0.114. The molecule has 0 aromatic heterocycles. The van der Waals surface area contributed by atoms with E-state index in [-0.39, 0.29) is 12.5 Å². The lowest BCUT2D eigenvalue weighted by Crippen LogP contribution is -2.22. The number of rotatable bonds is 6. The molecule has 0 aliphatic carbocycles. The number of ether oxygens (including phenoxy) is 2. The van der Waals surface area contributed by atoms with Crippen LogP contribution in [-0.4, -0.2) is 32.6 Å². The second kappa shape index (κ2) is 8.21. The number of carbonyl (C=O) groups is 2. The number of anilines is 2. The standard InChI is InChI=1S/C17H17ClN2O4/c1-23-15-7-6-12(18)9-14(15)20-16(21)10-19-13-5-3-4-11(8-13)17(22)24-2/h3-9,19H,10H2,1-2H3,(H,20,21). The predicted octanol–water partition coefficient (Wildman–Crippen LogP) is 3.19. The smallest absolute Gasteiger partial charge is 0.337 e. The minimum Gasteiger partial charge on any atom is -0.495 e. The summed E-state index contributed by atoms with van der Waals surface area (Å²) in [5.74, 6) is -0.203. The molecule has 0 fully saturated rings. The summed E-state index contributed by atoms with van der Waals surface area (Å²) in [5, 5.41) is 6.15. The number of hydrogen-bond donors (Lipinski definition) is 2. The maximum Gasteiger partial charge on any atom is 0.337 e. The van der Waals surface area contributed by atoms with E-state index in [9.17, 15) is 9.59 Å². The van der Waals surface area contributed by atoms with Gasteiger partial charge in [0, 0.05) is 10.7 Å². The van der Waals surface area contributed by atoms with E-state index in [1.165, 1.54) is 14.2 Å². The quantitative estimate of drug-likeness (QED) is 0.784. The van der Waals surface area contributed by atoms with Crippen LogP contribution in [0.15, 0.2) is 42.5 Å². The van der Waals surface area contributed by atoms with E-state index in [1.54, 1.807) is 42.5 Å². The fourth-order valence-electron chi connectivity index (χ4n) is 2.03. The molecule has 126 valence electrons. The van der Waals surface area contributed by atoms with E-state index >= 15 is 0 Å². The van der Waals surface area contributed by atoms with Gasteiger partial charge in [-0.2, -0.15) is 0 Å². The van der Waals surface area contributed by atoms with Gasteiger partial charge in [0.2, 0.25) is 5.91 Å². The molecule has 0 saturated carbocycles. The molecule has 0 spiro atoms. The number of esters is 1. The van der Waals surface area contributed by atoms with Crippen molar-refractivity contribution >= 4 is 34.9 Å². The number of methoxy groups -OCH3 is 2. The van der Waals surface area contributed by atoms with Gasteiger partial charge in [-0.1, -0.05) is 17.7 Å². The molecule has 0 aliphatic rings. The second-order valence-corrected chi connectivity index (χ2v) is 5.26. The molecular weight excluding hydrogens is 332 g/mol. The van der Waals surface area contributed by atoms with Crippen molar-refractivity contribution in [1.29, 1.82) is 0 Å². The van der Waals surface area contributed by atoms with Crippen LogP contribution in [0.25, 0.3) is 0 Å². The van der Waals surface area contributed by atoms with Gasteiger partial charge in [0.1, 0.15) is 5.75 Å². The van der Waals surface area contributed by atoms with Gasteiger partial charge in [-0.15, -0.1) is 0 Å². The van der Waals surface area contributed by atoms with Gasteiger partial charge in [-0.25, -0.2) is 4.79 Å². The SMILES string of the molecule is COC(=O)c1cccc(NCC(=O)Nc2cc(Cl)ccc2OC)c1. The lowest BCUT2D eigenvalue weighted by Gasteiger charge is -2.12. The summed E-state index contributed by atoms with van der Waals surface area (Å²) in [4.78, 5) is 23.6. The number of amides is 1. The Morgan fingerprint density at radius 1 is 1.12 bits per heavy atom. The van der Waals surface area contributed by atoms with Crippen molar-refractivity contribution in [2.75, 3.05) is 31.4 Å².